The number of aromatic nitrogens is 4. The number of aliphatic hydroxyl groups is 2. The predicted octanol–water partition coefficient (Wildman–Crippen LogP) is 7.91. The van der Waals surface area contributed by atoms with Crippen LogP contribution in [0.2, 0.25) is 0 Å². The van der Waals surface area contributed by atoms with E-state index in [1.54, 1.807) is 47.5 Å². The third kappa shape index (κ3) is 17.9. The van der Waals surface area contributed by atoms with Crippen molar-refractivity contribution in [2.45, 2.75) is 97.8 Å². The van der Waals surface area contributed by atoms with Gasteiger partial charge in [0.15, 0.2) is 11.8 Å². The summed E-state index contributed by atoms with van der Waals surface area (Å²) >= 11 is 3.10. The molecule has 9 N–H and O–H groups in total. The SMILES string of the molecule is C.CCCC[C@](C)(CO)NC(=O)c1ncc(F)cc1Br.CCCC[C@](C)(CO)Nc1nc(NCc2ccc(OC)cc2OC)nc2cc(F)cnc12.COc1ccc(CN=C(N)N)c(OC)c1. The fourth-order valence-electron chi connectivity index (χ4n) is 6.19. The van der Waals surface area contributed by atoms with Crippen LogP contribution in [0.1, 0.15) is 95.3 Å². The summed E-state index contributed by atoms with van der Waals surface area (Å²) in [6, 6.07) is 13.5. The second-order valence-corrected chi connectivity index (χ2v) is 16.4. The van der Waals surface area contributed by atoms with Gasteiger partial charge in [-0.3, -0.25) is 4.79 Å². The number of aliphatic hydroxyl groups excluding tert-OH is 2. The Labute approximate surface area is 400 Å². The van der Waals surface area contributed by atoms with Crippen molar-refractivity contribution >= 4 is 50.6 Å². The number of ether oxygens (including phenoxy) is 4. The number of hydrogen-bond acceptors (Lipinski definition) is 14. The number of hydrogen-bond donors (Lipinski definition) is 7. The first-order chi connectivity index (χ1) is 31.5. The van der Waals surface area contributed by atoms with Crippen LogP contribution in [0, 0.1) is 11.6 Å². The molecule has 3 aromatic heterocycles. The number of amides is 1. The molecule has 0 saturated carbocycles. The van der Waals surface area contributed by atoms with Crippen molar-refractivity contribution in [2.75, 3.05) is 52.3 Å². The van der Waals surface area contributed by atoms with Gasteiger partial charge in [-0.1, -0.05) is 47.0 Å². The first-order valence-electron chi connectivity index (χ1n) is 21.2. The molecule has 5 rings (SSSR count). The van der Waals surface area contributed by atoms with Crippen LogP contribution in [0.4, 0.5) is 20.5 Å². The van der Waals surface area contributed by atoms with E-state index in [1.165, 1.54) is 12.1 Å². The summed E-state index contributed by atoms with van der Waals surface area (Å²) < 4.78 is 48.0. The number of methoxy groups -OCH3 is 4. The first-order valence-corrected chi connectivity index (χ1v) is 22.0. The Morgan fingerprint density at radius 2 is 1.34 bits per heavy atom. The summed E-state index contributed by atoms with van der Waals surface area (Å²) in [4.78, 5) is 32.9. The van der Waals surface area contributed by atoms with Gasteiger partial charge in [-0.15, -0.1) is 0 Å². The number of carbonyl (C=O) groups excluding carboxylic acids is 1. The number of aliphatic imine (C=N–C) groups is 1. The number of anilines is 2. The highest BCUT2D eigenvalue weighted by atomic mass is 79.9. The molecule has 0 saturated heterocycles. The van der Waals surface area contributed by atoms with E-state index in [0.717, 1.165) is 61.4 Å². The number of nitrogens with one attached hydrogen (secondary N) is 3. The molecule has 0 fully saturated rings. The van der Waals surface area contributed by atoms with E-state index in [2.05, 4.69) is 63.7 Å². The normalized spacial score (nSPS) is 12.3. The molecular formula is C47H67BrF2N10O7. The third-order valence-electron chi connectivity index (χ3n) is 10.1. The lowest BCUT2D eigenvalue weighted by Gasteiger charge is -2.29. The molecule has 0 aliphatic carbocycles. The van der Waals surface area contributed by atoms with Crippen molar-refractivity contribution in [1.29, 1.82) is 0 Å². The summed E-state index contributed by atoms with van der Waals surface area (Å²) in [6.45, 7) is 8.38. The Morgan fingerprint density at radius 3 is 1.88 bits per heavy atom. The Bertz CT molecular complexity index is 2360. The molecule has 17 nitrogen and oxygen atoms in total. The Balaban J connectivity index is 0.000000375. The van der Waals surface area contributed by atoms with Gasteiger partial charge in [-0.2, -0.15) is 4.98 Å². The fourth-order valence-corrected chi connectivity index (χ4v) is 6.69. The number of guanidine groups is 1. The summed E-state index contributed by atoms with van der Waals surface area (Å²) in [7, 11) is 6.38. The van der Waals surface area contributed by atoms with E-state index in [4.69, 9.17) is 30.4 Å². The zero-order valence-corrected chi connectivity index (χ0v) is 40.4. The second-order valence-electron chi connectivity index (χ2n) is 15.6. The zero-order chi connectivity index (χ0) is 48.9. The molecule has 5 aromatic rings. The minimum absolute atomic E-state index is 0. The second kappa shape index (κ2) is 28.1. The van der Waals surface area contributed by atoms with Crippen LogP contribution in [0.5, 0.6) is 23.0 Å². The molecule has 0 unspecified atom stereocenters. The smallest absolute Gasteiger partial charge is 0.271 e. The van der Waals surface area contributed by atoms with Crippen LogP contribution >= 0.6 is 15.9 Å². The van der Waals surface area contributed by atoms with Crippen molar-refractivity contribution in [2.24, 2.45) is 16.5 Å². The van der Waals surface area contributed by atoms with Gasteiger partial charge in [-0.25, -0.2) is 28.7 Å². The van der Waals surface area contributed by atoms with E-state index in [1.807, 2.05) is 38.1 Å². The average Bonchev–Trinajstić information content (AvgIpc) is 3.31. The van der Waals surface area contributed by atoms with Gasteiger partial charge in [0.05, 0.1) is 81.7 Å². The van der Waals surface area contributed by atoms with Crippen molar-refractivity contribution in [3.8, 4) is 23.0 Å². The van der Waals surface area contributed by atoms with E-state index in [-0.39, 0.29) is 32.3 Å². The number of unbranched alkanes of at least 4 members (excludes halogenated alkanes) is 2. The average molecular weight is 1000 g/mol. The van der Waals surface area contributed by atoms with Crippen LogP contribution < -0.4 is 46.4 Å². The Kier molecular flexibility index (Phi) is 23.9. The molecule has 2 aromatic carbocycles. The van der Waals surface area contributed by atoms with E-state index in [9.17, 15) is 23.8 Å². The number of nitrogens with two attached hydrogens (primary N) is 2. The molecule has 368 valence electrons. The standard InChI is InChI=1S/C23H30FN5O3.C13H18BrFN2O2.C10H15N3O2.CH4/c1-5-6-9-23(2,14-30)29-21-20-18(10-16(24)13-25-20)27-22(28-21)26-12-15-7-8-17(31-3)11-19(15)32-4;1-3-4-5-13(2,8-18)17-12(19)11-10(14)6-9(15)7-16-11;1-14-8-4-3-7(6-13-10(11)12)9(5-8)15-2;/h7-8,10-11,13,30H,5-6,9,12,14H2,1-4H3,(H2,26,27,28,29);6-7,18H,3-5,8H2,1-2H3,(H,17,19);3-5H,6H2,1-2H3,(H4,11,12,13);1H4/t23-;13-;;/m11../s1. The molecule has 0 radical (unpaired) electrons. The largest absolute Gasteiger partial charge is 0.497 e. The van der Waals surface area contributed by atoms with Crippen molar-refractivity contribution < 1.29 is 42.7 Å². The van der Waals surface area contributed by atoms with Gasteiger partial charge in [0.25, 0.3) is 5.91 Å². The van der Waals surface area contributed by atoms with Crippen molar-refractivity contribution in [3.05, 3.63) is 93.9 Å². The maximum absolute atomic E-state index is 13.9. The molecule has 67 heavy (non-hydrogen) atoms. The van der Waals surface area contributed by atoms with E-state index >= 15 is 0 Å². The lowest BCUT2D eigenvalue weighted by Crippen LogP contribution is -2.49. The minimum atomic E-state index is -0.692. The first kappa shape index (κ1) is 57.0. The quantitative estimate of drug-likeness (QED) is 0.0273. The maximum Gasteiger partial charge on any atom is 0.271 e. The predicted molar refractivity (Wildman–Crippen MR) is 263 cm³/mol. The minimum Gasteiger partial charge on any atom is -0.497 e. The van der Waals surface area contributed by atoms with Gasteiger partial charge in [0.2, 0.25) is 5.95 Å². The molecule has 0 bridgehead atoms. The number of benzene rings is 2. The molecule has 20 heteroatoms. The summed E-state index contributed by atoms with van der Waals surface area (Å²) in [5, 5.41) is 28.6. The van der Waals surface area contributed by atoms with Gasteiger partial charge in [0.1, 0.15) is 45.8 Å². The number of fused-ring (bicyclic) bond motifs is 1. The van der Waals surface area contributed by atoms with E-state index in [0.29, 0.717) is 64.0 Å². The number of nitrogens with zero attached hydrogens (tertiary/aromatic N) is 5. The lowest BCUT2D eigenvalue weighted by atomic mass is 9.95. The molecule has 2 atom stereocenters. The lowest BCUT2D eigenvalue weighted by molar-refractivity contribution is 0.0832. The van der Waals surface area contributed by atoms with E-state index < -0.39 is 28.6 Å². The number of carbonyl (C=O) groups is 1. The molecular weight excluding hydrogens is 934 g/mol. The monoisotopic (exact) mass is 1000 g/mol. The summed E-state index contributed by atoms with van der Waals surface area (Å²) in [5.74, 6) is 2.17. The van der Waals surface area contributed by atoms with Gasteiger partial charge in [-0.05, 0) is 73.0 Å². The van der Waals surface area contributed by atoms with Crippen LogP contribution in [0.3, 0.4) is 0 Å². The highest BCUT2D eigenvalue weighted by molar-refractivity contribution is 9.10. The van der Waals surface area contributed by atoms with Gasteiger partial charge < -0.3 is 56.6 Å². The van der Waals surface area contributed by atoms with Crippen LogP contribution in [0.15, 0.2) is 70.4 Å². The highest BCUT2D eigenvalue weighted by Gasteiger charge is 2.27. The molecule has 0 spiro atoms. The van der Waals surface area contributed by atoms with Gasteiger partial charge in [0, 0.05) is 35.9 Å². The Hall–Kier alpha value is -6.12. The van der Waals surface area contributed by atoms with Crippen molar-refractivity contribution in [3.63, 3.8) is 0 Å². The Morgan fingerprint density at radius 1 is 0.791 bits per heavy atom. The molecule has 0 aliphatic heterocycles. The zero-order valence-electron chi connectivity index (χ0n) is 38.8. The number of pyridine rings is 2. The molecule has 0 aliphatic rings. The molecule has 3 heterocycles. The van der Waals surface area contributed by atoms with Crippen LogP contribution in [0.25, 0.3) is 11.0 Å². The fraction of sp³-hybridized carbons (Fsp3) is 0.447. The molecule has 1 amide bonds. The summed E-state index contributed by atoms with van der Waals surface area (Å²) in [6.07, 6.45) is 7.36. The van der Waals surface area contributed by atoms with Crippen molar-refractivity contribution in [1.82, 2.24) is 25.3 Å². The maximum atomic E-state index is 13.9. The van der Waals surface area contributed by atoms with Crippen LogP contribution in [-0.2, 0) is 13.1 Å². The number of rotatable bonds is 21. The third-order valence-corrected chi connectivity index (χ3v) is 10.7. The topological polar surface area (TPSA) is 246 Å². The highest BCUT2D eigenvalue weighted by Crippen LogP contribution is 2.29. The summed E-state index contributed by atoms with van der Waals surface area (Å²) in [5.41, 5.74) is 11.9. The van der Waals surface area contributed by atoms with Crippen LogP contribution in [-0.4, -0.2) is 94.7 Å². The number of halogens is 3. The van der Waals surface area contributed by atoms with Gasteiger partial charge >= 0.3 is 0 Å².